The third-order valence-electron chi connectivity index (χ3n) is 13.9. The van der Waals surface area contributed by atoms with E-state index in [1.54, 1.807) is 0 Å². The summed E-state index contributed by atoms with van der Waals surface area (Å²) >= 11 is 0. The van der Waals surface area contributed by atoms with Gasteiger partial charge in [-0.25, -0.2) is 0 Å². The summed E-state index contributed by atoms with van der Waals surface area (Å²) in [6.45, 7) is 6.53. The summed E-state index contributed by atoms with van der Waals surface area (Å²) in [6.07, 6.45) is 80.5. The molecule has 1 unspecified atom stereocenters. The molecule has 1 atom stereocenters. The van der Waals surface area contributed by atoms with E-state index in [4.69, 9.17) is 14.2 Å². The van der Waals surface area contributed by atoms with Gasteiger partial charge in [0.15, 0.2) is 6.10 Å². The Labute approximate surface area is 459 Å². The molecule has 0 aromatic rings. The highest BCUT2D eigenvalue weighted by Gasteiger charge is 2.19. The highest BCUT2D eigenvalue weighted by Crippen LogP contribution is 2.16. The van der Waals surface area contributed by atoms with Crippen molar-refractivity contribution in [1.82, 2.24) is 0 Å². The molecular formula is C68H120O6. The van der Waals surface area contributed by atoms with Crippen molar-refractivity contribution in [3.63, 3.8) is 0 Å². The number of allylic oxidation sites excluding steroid dienone is 12. The number of unbranched alkanes of at least 4 members (excludes halogenated alkanes) is 35. The molecule has 6 heteroatoms. The molecular weight excluding hydrogens is 913 g/mol. The lowest BCUT2D eigenvalue weighted by molar-refractivity contribution is -0.167. The summed E-state index contributed by atoms with van der Waals surface area (Å²) in [5.74, 6) is -0.896. The highest BCUT2D eigenvalue weighted by atomic mass is 16.6. The van der Waals surface area contributed by atoms with Crippen LogP contribution in [0.5, 0.6) is 0 Å². The molecule has 0 aliphatic carbocycles. The Morgan fingerprint density at radius 2 is 0.527 bits per heavy atom. The van der Waals surface area contributed by atoms with Crippen LogP contribution in [0.15, 0.2) is 72.9 Å². The summed E-state index contributed by atoms with van der Waals surface area (Å²) in [6, 6.07) is 0. The number of hydrogen-bond donors (Lipinski definition) is 0. The summed E-state index contributed by atoms with van der Waals surface area (Å²) in [4.78, 5) is 38.3. The van der Waals surface area contributed by atoms with Crippen molar-refractivity contribution in [3.05, 3.63) is 72.9 Å². The largest absolute Gasteiger partial charge is 0.462 e. The van der Waals surface area contributed by atoms with Crippen molar-refractivity contribution in [3.8, 4) is 0 Å². The van der Waals surface area contributed by atoms with Crippen molar-refractivity contribution in [2.45, 2.75) is 329 Å². The molecule has 0 bridgehead atoms. The minimum absolute atomic E-state index is 0.0834. The van der Waals surface area contributed by atoms with Crippen molar-refractivity contribution in [2.75, 3.05) is 13.2 Å². The quantitative estimate of drug-likeness (QED) is 0.0261. The van der Waals surface area contributed by atoms with Crippen LogP contribution in [-0.4, -0.2) is 37.2 Å². The minimum Gasteiger partial charge on any atom is -0.462 e. The number of esters is 3. The summed E-state index contributed by atoms with van der Waals surface area (Å²) in [5, 5.41) is 0. The standard InChI is InChI=1S/C68H120O6/c1-4-7-10-13-16-19-22-25-28-30-32-33-34-35-36-38-40-43-46-49-52-55-58-61-67(70)73-64-65(63-72-66(69)60-57-54-51-48-45-42-39-27-24-21-18-15-12-9-6-3)74-68(71)62-59-56-53-50-47-44-41-37-31-29-26-23-20-17-14-11-8-5-2/h9,12,18,20-21,23,27,29-32,39,65H,4-8,10-11,13-17,19,22,24-26,28,33-38,40-64H2,1-3H3/b12-9-,21-18-,23-20-,31-29-,32-30-,39-27-. The van der Waals surface area contributed by atoms with Gasteiger partial charge in [0, 0.05) is 19.3 Å². The molecule has 0 fully saturated rings. The van der Waals surface area contributed by atoms with E-state index in [0.29, 0.717) is 19.3 Å². The Morgan fingerprint density at radius 3 is 0.851 bits per heavy atom. The molecule has 0 spiro atoms. The average Bonchev–Trinajstić information content (AvgIpc) is 3.40. The van der Waals surface area contributed by atoms with Crippen molar-refractivity contribution in [1.29, 1.82) is 0 Å². The van der Waals surface area contributed by atoms with Gasteiger partial charge < -0.3 is 14.2 Å². The number of carbonyl (C=O) groups excluding carboxylic acids is 3. The van der Waals surface area contributed by atoms with Crippen molar-refractivity contribution < 1.29 is 28.6 Å². The van der Waals surface area contributed by atoms with E-state index < -0.39 is 6.10 Å². The first kappa shape index (κ1) is 70.8. The molecule has 0 radical (unpaired) electrons. The van der Waals surface area contributed by atoms with E-state index in [0.717, 1.165) is 109 Å². The third kappa shape index (κ3) is 59.7. The molecule has 0 saturated heterocycles. The predicted octanol–water partition coefficient (Wildman–Crippen LogP) is 21.7. The number of rotatable bonds is 58. The maximum atomic E-state index is 12.9. The summed E-state index contributed by atoms with van der Waals surface area (Å²) in [5.41, 5.74) is 0. The van der Waals surface area contributed by atoms with Crippen LogP contribution in [0.2, 0.25) is 0 Å². The fraction of sp³-hybridized carbons (Fsp3) is 0.779. The minimum atomic E-state index is -0.788. The van der Waals surface area contributed by atoms with E-state index in [-0.39, 0.29) is 31.1 Å². The predicted molar refractivity (Wildman–Crippen MR) is 321 cm³/mol. The monoisotopic (exact) mass is 1030 g/mol. The molecule has 0 amide bonds. The van der Waals surface area contributed by atoms with Gasteiger partial charge in [0.2, 0.25) is 0 Å². The fourth-order valence-electron chi connectivity index (χ4n) is 9.13. The first-order valence-electron chi connectivity index (χ1n) is 31.9. The molecule has 0 aliphatic heterocycles. The molecule has 0 aromatic heterocycles. The van der Waals surface area contributed by atoms with Gasteiger partial charge in [0.1, 0.15) is 13.2 Å². The molecule has 0 rings (SSSR count). The van der Waals surface area contributed by atoms with Crippen LogP contribution in [-0.2, 0) is 28.6 Å². The lowest BCUT2D eigenvalue weighted by Gasteiger charge is -2.18. The second kappa shape index (κ2) is 62.4. The molecule has 0 N–H and O–H groups in total. The molecule has 428 valence electrons. The molecule has 0 aromatic carbocycles. The van der Waals surface area contributed by atoms with Crippen LogP contribution in [0.1, 0.15) is 323 Å². The van der Waals surface area contributed by atoms with Crippen LogP contribution in [0, 0.1) is 0 Å². The maximum absolute atomic E-state index is 12.9. The normalized spacial score (nSPS) is 12.5. The Kier molecular flexibility index (Phi) is 59.7. The zero-order chi connectivity index (χ0) is 53.6. The van der Waals surface area contributed by atoms with Gasteiger partial charge in [0.25, 0.3) is 0 Å². The van der Waals surface area contributed by atoms with Crippen LogP contribution in [0.4, 0.5) is 0 Å². The van der Waals surface area contributed by atoms with Gasteiger partial charge >= 0.3 is 17.9 Å². The molecule has 0 aliphatic rings. The van der Waals surface area contributed by atoms with Crippen LogP contribution in [0.25, 0.3) is 0 Å². The summed E-state index contributed by atoms with van der Waals surface area (Å²) < 4.78 is 16.9. The summed E-state index contributed by atoms with van der Waals surface area (Å²) in [7, 11) is 0. The lowest BCUT2D eigenvalue weighted by Crippen LogP contribution is -2.30. The topological polar surface area (TPSA) is 78.9 Å². The van der Waals surface area contributed by atoms with Gasteiger partial charge in [-0.15, -0.1) is 0 Å². The Morgan fingerprint density at radius 1 is 0.284 bits per heavy atom. The van der Waals surface area contributed by atoms with Crippen LogP contribution in [0.3, 0.4) is 0 Å². The highest BCUT2D eigenvalue weighted by molar-refractivity contribution is 5.71. The Balaban J connectivity index is 4.35. The zero-order valence-corrected chi connectivity index (χ0v) is 49.1. The third-order valence-corrected chi connectivity index (χ3v) is 13.9. The lowest BCUT2D eigenvalue weighted by atomic mass is 10.0. The number of carbonyl (C=O) groups is 3. The zero-order valence-electron chi connectivity index (χ0n) is 49.1. The van der Waals surface area contributed by atoms with E-state index >= 15 is 0 Å². The second-order valence-corrected chi connectivity index (χ2v) is 21.3. The molecule has 0 saturated carbocycles. The van der Waals surface area contributed by atoms with Gasteiger partial charge in [-0.1, -0.05) is 267 Å². The number of ether oxygens (including phenoxy) is 3. The Bertz CT molecular complexity index is 1370. The fourth-order valence-corrected chi connectivity index (χ4v) is 9.13. The van der Waals surface area contributed by atoms with Crippen molar-refractivity contribution >= 4 is 17.9 Å². The Hall–Kier alpha value is -3.15. The molecule has 74 heavy (non-hydrogen) atoms. The first-order valence-corrected chi connectivity index (χ1v) is 31.9. The average molecular weight is 1030 g/mol. The smallest absolute Gasteiger partial charge is 0.306 e. The van der Waals surface area contributed by atoms with Gasteiger partial charge in [0.05, 0.1) is 0 Å². The van der Waals surface area contributed by atoms with Crippen molar-refractivity contribution in [2.24, 2.45) is 0 Å². The van der Waals surface area contributed by atoms with Gasteiger partial charge in [-0.3, -0.25) is 14.4 Å². The van der Waals surface area contributed by atoms with E-state index in [1.807, 2.05) is 0 Å². The molecule has 6 nitrogen and oxygen atoms in total. The van der Waals surface area contributed by atoms with E-state index in [2.05, 4.69) is 93.7 Å². The SMILES string of the molecule is CC/C=C\C/C=C\C/C=C\CCCCCCCC(=O)OCC(COC(=O)CCCCCCCCCCCCC/C=C\CCCCCCCCCC)OC(=O)CCCCCCCCC/C=C\C/C=C\CCCCCC. The van der Waals surface area contributed by atoms with Gasteiger partial charge in [-0.2, -0.15) is 0 Å². The second-order valence-electron chi connectivity index (χ2n) is 21.3. The molecule has 0 heterocycles. The maximum Gasteiger partial charge on any atom is 0.306 e. The number of hydrogen-bond acceptors (Lipinski definition) is 6. The van der Waals surface area contributed by atoms with E-state index in [9.17, 15) is 14.4 Å². The first-order chi connectivity index (χ1) is 36.5. The van der Waals surface area contributed by atoms with Crippen LogP contribution >= 0.6 is 0 Å². The van der Waals surface area contributed by atoms with Crippen LogP contribution < -0.4 is 0 Å². The van der Waals surface area contributed by atoms with E-state index in [1.165, 1.54) is 173 Å². The van der Waals surface area contributed by atoms with Gasteiger partial charge in [-0.05, 0) is 109 Å².